The van der Waals surface area contributed by atoms with E-state index in [-0.39, 0.29) is 32.6 Å². The number of pyridine rings is 1. The van der Waals surface area contributed by atoms with Crippen LogP contribution in [0.5, 0.6) is 0 Å². The minimum absolute atomic E-state index is 0. The molecule has 0 fully saturated rings. The van der Waals surface area contributed by atoms with E-state index < -0.39 is 0 Å². The number of hydrogen-bond acceptors (Lipinski definition) is 4. The summed E-state index contributed by atoms with van der Waals surface area (Å²) in [7, 11) is 0. The van der Waals surface area contributed by atoms with Crippen LogP contribution < -0.4 is 4.98 Å². The van der Waals surface area contributed by atoms with Gasteiger partial charge in [-0.1, -0.05) is 48.5 Å². The van der Waals surface area contributed by atoms with Crippen LogP contribution in [-0.4, -0.2) is 20.9 Å². The first-order valence-corrected chi connectivity index (χ1v) is 8.16. The topological polar surface area (TPSA) is 77.2 Å². The number of allylic oxidation sites excluding steroid dienone is 2. The molecule has 4 rings (SSSR count). The molecule has 0 saturated heterocycles. The molecule has 2 aromatic carbocycles. The Hall–Kier alpha value is -2.78. The molecule has 0 atom stereocenters. The van der Waals surface area contributed by atoms with Crippen LogP contribution in [0.2, 0.25) is 0 Å². The molecule has 5 nitrogen and oxygen atoms in total. The van der Waals surface area contributed by atoms with Crippen LogP contribution in [-0.2, 0) is 25.9 Å². The molecule has 0 saturated carbocycles. The molecule has 0 aliphatic heterocycles. The minimum Gasteiger partial charge on any atom is -0.512 e. The molecular weight excluding hydrogens is 521 g/mol. The Bertz CT molecular complexity index is 1070. The monoisotopic (exact) mass is 539 g/mol. The number of carbonyl (C=O) groups excluding carboxylic acids is 1. The summed E-state index contributed by atoms with van der Waals surface area (Å²) in [6.45, 7) is 2.85. The molecule has 0 radical (unpaired) electrons. The van der Waals surface area contributed by atoms with Gasteiger partial charge in [-0.2, -0.15) is 0 Å². The van der Waals surface area contributed by atoms with Crippen LogP contribution >= 0.6 is 0 Å². The van der Waals surface area contributed by atoms with Crippen molar-refractivity contribution in [1.29, 1.82) is 0 Å². The zero-order valence-electron chi connectivity index (χ0n) is 14.9. The van der Waals surface area contributed by atoms with Crippen LogP contribution in [0.3, 0.4) is 0 Å². The molecule has 1 N–H and O–H groups in total. The number of aromatic nitrogens is 3. The second kappa shape index (κ2) is 9.24. The van der Waals surface area contributed by atoms with Gasteiger partial charge in [0.1, 0.15) is 0 Å². The summed E-state index contributed by atoms with van der Waals surface area (Å²) in [5.74, 6) is 0.624. The molecule has 140 valence electrons. The number of hydrogen-bond donors (Lipinski definition) is 1. The van der Waals surface area contributed by atoms with Gasteiger partial charge in [0, 0.05) is 32.5 Å². The Morgan fingerprint density at radius 1 is 0.926 bits per heavy atom. The van der Waals surface area contributed by atoms with E-state index in [4.69, 9.17) is 5.11 Å². The Labute approximate surface area is 171 Å². The Morgan fingerprint density at radius 3 is 2.22 bits per heavy atom. The summed E-state index contributed by atoms with van der Waals surface area (Å²) >= 11 is 0. The summed E-state index contributed by atoms with van der Waals surface area (Å²) in [4.78, 5) is 23.7. The van der Waals surface area contributed by atoms with Crippen LogP contribution in [0.4, 0.5) is 0 Å². The number of carbonyl (C=O) groups is 1. The van der Waals surface area contributed by atoms with Crippen molar-refractivity contribution in [3.05, 3.63) is 72.5 Å². The van der Waals surface area contributed by atoms with Crippen LogP contribution in [0, 0.1) is 0 Å². The molecule has 6 heteroatoms. The maximum Gasteiger partial charge on any atom is 0.155 e. The van der Waals surface area contributed by atoms with Gasteiger partial charge in [-0.25, -0.2) is 4.98 Å². The van der Waals surface area contributed by atoms with E-state index in [1.165, 1.54) is 19.9 Å². The second-order valence-electron chi connectivity index (χ2n) is 5.82. The largest absolute Gasteiger partial charge is 0.512 e. The van der Waals surface area contributed by atoms with E-state index in [2.05, 4.69) is 27.1 Å². The van der Waals surface area contributed by atoms with Gasteiger partial charge in [0.05, 0.1) is 17.0 Å². The molecule has 0 aliphatic carbocycles. The zero-order valence-corrected chi connectivity index (χ0v) is 17.1. The maximum atomic E-state index is 10.0. The summed E-state index contributed by atoms with van der Waals surface area (Å²) < 4.78 is 0. The van der Waals surface area contributed by atoms with E-state index in [1.807, 2.05) is 48.5 Å². The Balaban J connectivity index is 0.000000285. The molecule has 2 heterocycles. The maximum absolute atomic E-state index is 10.0. The molecule has 0 spiro atoms. The zero-order chi connectivity index (χ0) is 18.5. The van der Waals surface area contributed by atoms with Crippen molar-refractivity contribution in [2.24, 2.45) is 0 Å². The number of para-hydroxylation sites is 3. The number of ketones is 1. The second-order valence-corrected chi connectivity index (χ2v) is 5.82. The quantitative estimate of drug-likeness (QED) is 0.301. The van der Waals surface area contributed by atoms with Crippen molar-refractivity contribution in [2.75, 3.05) is 0 Å². The fourth-order valence-electron chi connectivity index (χ4n) is 2.51. The van der Waals surface area contributed by atoms with Gasteiger partial charge in [-0.15, -0.1) is 0 Å². The number of aliphatic hydroxyl groups excluding tert-OH is 1. The SMILES string of the molecule is CC(=O)/C=C(/C)O.[Pt].c1ccc2nc(-c3nc4ccccc4[n-]3)ccc2c1. The number of benzene rings is 2. The third-order valence-corrected chi connectivity index (χ3v) is 3.57. The molecule has 4 aromatic rings. The van der Waals surface area contributed by atoms with E-state index in [1.54, 1.807) is 0 Å². The first-order chi connectivity index (χ1) is 12.5. The van der Waals surface area contributed by atoms with E-state index >= 15 is 0 Å². The Kier molecular flexibility index (Phi) is 7.03. The standard InChI is InChI=1S/C16H10N3.C5H8O2.Pt/c1-2-6-12-11(5-1)9-10-15(17-12)16-18-13-7-3-4-8-14(13)19-16;1-4(6)3-5(2)7;/h1-10H;3,6H,1-2H3;/q-1;;/b;4-3-;. The average molecular weight is 539 g/mol. The fraction of sp³-hybridized carbons (Fsp3) is 0.0952. The molecule has 0 bridgehead atoms. The van der Waals surface area contributed by atoms with Gasteiger partial charge >= 0.3 is 0 Å². The van der Waals surface area contributed by atoms with Crippen molar-refractivity contribution in [2.45, 2.75) is 13.8 Å². The first kappa shape index (κ1) is 20.5. The summed E-state index contributed by atoms with van der Waals surface area (Å²) in [6.07, 6.45) is 1.17. The van der Waals surface area contributed by atoms with Gasteiger partial charge in [-0.05, 0) is 42.8 Å². The number of aliphatic hydroxyl groups is 1. The van der Waals surface area contributed by atoms with Crippen molar-refractivity contribution in [3.8, 4) is 11.5 Å². The summed E-state index contributed by atoms with van der Waals surface area (Å²) in [6, 6.07) is 19.9. The smallest absolute Gasteiger partial charge is 0.155 e. The van der Waals surface area contributed by atoms with Crippen molar-refractivity contribution < 1.29 is 31.0 Å². The number of rotatable bonds is 2. The minimum atomic E-state index is -0.125. The molecule has 0 amide bonds. The summed E-state index contributed by atoms with van der Waals surface area (Å²) in [5, 5.41) is 9.49. The van der Waals surface area contributed by atoms with E-state index in [0.717, 1.165) is 27.6 Å². The van der Waals surface area contributed by atoms with E-state index in [0.29, 0.717) is 5.82 Å². The first-order valence-electron chi connectivity index (χ1n) is 8.16. The van der Waals surface area contributed by atoms with Gasteiger partial charge in [0.25, 0.3) is 0 Å². The molecule has 0 unspecified atom stereocenters. The number of nitrogens with zero attached hydrogens (tertiary/aromatic N) is 3. The molecule has 0 aliphatic rings. The van der Waals surface area contributed by atoms with Crippen molar-refractivity contribution in [3.63, 3.8) is 0 Å². The average Bonchev–Trinajstić information content (AvgIpc) is 3.05. The van der Waals surface area contributed by atoms with E-state index in [9.17, 15) is 4.79 Å². The third-order valence-electron chi connectivity index (χ3n) is 3.57. The molecular formula is C21H18N3O2Pt-. The van der Waals surface area contributed by atoms with Gasteiger partial charge in [0.15, 0.2) is 5.78 Å². The third kappa shape index (κ3) is 5.35. The van der Waals surface area contributed by atoms with Gasteiger partial charge in [-0.3, -0.25) is 4.79 Å². The predicted octanol–water partition coefficient (Wildman–Crippen LogP) is 4.44. The molecule has 27 heavy (non-hydrogen) atoms. The van der Waals surface area contributed by atoms with Crippen LogP contribution in [0.1, 0.15) is 13.8 Å². The van der Waals surface area contributed by atoms with Gasteiger partial charge < -0.3 is 15.1 Å². The number of imidazole rings is 1. The normalized spacial score (nSPS) is 10.8. The van der Waals surface area contributed by atoms with Gasteiger partial charge in [0.2, 0.25) is 0 Å². The van der Waals surface area contributed by atoms with Crippen LogP contribution in [0.15, 0.2) is 72.5 Å². The van der Waals surface area contributed by atoms with Crippen LogP contribution in [0.25, 0.3) is 33.5 Å². The molecule has 2 aromatic heterocycles. The Morgan fingerprint density at radius 2 is 1.59 bits per heavy atom. The predicted molar refractivity (Wildman–Crippen MR) is 103 cm³/mol. The fourth-order valence-corrected chi connectivity index (χ4v) is 2.51. The number of fused-ring (bicyclic) bond motifs is 2. The van der Waals surface area contributed by atoms with Crippen molar-refractivity contribution in [1.82, 2.24) is 15.0 Å². The summed E-state index contributed by atoms with van der Waals surface area (Å²) in [5.41, 5.74) is 3.60. The van der Waals surface area contributed by atoms with Crippen molar-refractivity contribution >= 4 is 27.7 Å².